The maximum Gasteiger partial charge on any atom is 0.311 e. The monoisotopic (exact) mass is 278 g/mol. The standard InChI is InChI=1S/C14H22N4O2/c1-3-15-13-7-6-12(18(19)20)14(17-13)16-9-11-5-4-10(2)8-11/h6-7,10-11H,3-5,8-9H2,1-2H3,(H2,15,16,17). The number of aromatic nitrogens is 1. The molecule has 2 unspecified atom stereocenters. The third kappa shape index (κ3) is 3.59. The molecule has 0 saturated heterocycles. The van der Waals surface area contributed by atoms with Gasteiger partial charge in [0.05, 0.1) is 4.92 Å². The minimum absolute atomic E-state index is 0.0395. The van der Waals surface area contributed by atoms with Gasteiger partial charge in [-0.1, -0.05) is 13.3 Å². The summed E-state index contributed by atoms with van der Waals surface area (Å²) >= 11 is 0. The van der Waals surface area contributed by atoms with E-state index in [-0.39, 0.29) is 10.6 Å². The Hall–Kier alpha value is -1.85. The van der Waals surface area contributed by atoms with Gasteiger partial charge >= 0.3 is 5.69 Å². The Balaban J connectivity index is 2.07. The predicted molar refractivity (Wildman–Crippen MR) is 80.0 cm³/mol. The van der Waals surface area contributed by atoms with Crippen LogP contribution in [0.15, 0.2) is 12.1 Å². The summed E-state index contributed by atoms with van der Waals surface area (Å²) in [4.78, 5) is 15.0. The summed E-state index contributed by atoms with van der Waals surface area (Å²) in [6.07, 6.45) is 3.63. The Morgan fingerprint density at radius 2 is 2.20 bits per heavy atom. The molecule has 2 atom stereocenters. The largest absolute Gasteiger partial charge is 0.370 e. The van der Waals surface area contributed by atoms with Gasteiger partial charge in [-0.2, -0.15) is 0 Å². The van der Waals surface area contributed by atoms with Crippen molar-refractivity contribution < 1.29 is 4.92 Å². The lowest BCUT2D eigenvalue weighted by Crippen LogP contribution is -2.14. The second-order valence-corrected chi connectivity index (χ2v) is 5.52. The molecule has 0 spiro atoms. The van der Waals surface area contributed by atoms with Gasteiger partial charge in [0.15, 0.2) is 0 Å². The number of pyridine rings is 1. The van der Waals surface area contributed by atoms with E-state index in [2.05, 4.69) is 22.5 Å². The van der Waals surface area contributed by atoms with Crippen molar-refractivity contribution in [1.29, 1.82) is 0 Å². The molecule has 1 fully saturated rings. The zero-order valence-electron chi connectivity index (χ0n) is 12.1. The average molecular weight is 278 g/mol. The Labute approximate surface area is 119 Å². The van der Waals surface area contributed by atoms with Crippen molar-refractivity contribution >= 4 is 17.3 Å². The van der Waals surface area contributed by atoms with Crippen LogP contribution in [0.25, 0.3) is 0 Å². The van der Waals surface area contributed by atoms with Crippen molar-refractivity contribution in [3.05, 3.63) is 22.2 Å². The number of nitrogens with zero attached hydrogens (tertiary/aromatic N) is 2. The highest BCUT2D eigenvalue weighted by molar-refractivity contribution is 5.60. The average Bonchev–Trinajstić information content (AvgIpc) is 2.82. The summed E-state index contributed by atoms with van der Waals surface area (Å²) in [7, 11) is 0. The first-order valence-corrected chi connectivity index (χ1v) is 7.23. The van der Waals surface area contributed by atoms with Gasteiger partial charge in [-0.25, -0.2) is 4.98 Å². The van der Waals surface area contributed by atoms with Gasteiger partial charge in [0.2, 0.25) is 5.82 Å². The lowest BCUT2D eigenvalue weighted by molar-refractivity contribution is -0.384. The van der Waals surface area contributed by atoms with E-state index in [4.69, 9.17) is 0 Å². The lowest BCUT2D eigenvalue weighted by atomic mass is 10.1. The molecular weight excluding hydrogens is 256 g/mol. The minimum Gasteiger partial charge on any atom is -0.370 e. The minimum atomic E-state index is -0.387. The zero-order chi connectivity index (χ0) is 14.5. The fourth-order valence-corrected chi connectivity index (χ4v) is 2.76. The summed E-state index contributed by atoms with van der Waals surface area (Å²) in [5.41, 5.74) is 0.0395. The van der Waals surface area contributed by atoms with Gasteiger partial charge in [0.1, 0.15) is 5.82 Å². The summed E-state index contributed by atoms with van der Waals surface area (Å²) < 4.78 is 0. The van der Waals surface area contributed by atoms with Crippen molar-refractivity contribution in [2.24, 2.45) is 11.8 Å². The predicted octanol–water partition coefficient (Wildman–Crippen LogP) is 3.27. The van der Waals surface area contributed by atoms with Crippen LogP contribution in [0.5, 0.6) is 0 Å². The smallest absolute Gasteiger partial charge is 0.311 e. The molecule has 1 saturated carbocycles. The van der Waals surface area contributed by atoms with E-state index in [1.807, 2.05) is 6.92 Å². The molecule has 1 heterocycles. The third-order valence-corrected chi connectivity index (χ3v) is 3.79. The molecule has 2 rings (SSSR count). The molecule has 1 aliphatic rings. The number of hydrogen-bond donors (Lipinski definition) is 2. The van der Waals surface area contributed by atoms with Gasteiger partial charge in [-0.05, 0) is 37.7 Å². The Morgan fingerprint density at radius 3 is 2.80 bits per heavy atom. The summed E-state index contributed by atoms with van der Waals surface area (Å²) in [6.45, 7) is 5.72. The van der Waals surface area contributed by atoms with E-state index in [1.165, 1.54) is 25.3 Å². The first kappa shape index (κ1) is 14.6. The van der Waals surface area contributed by atoms with Crippen LogP contribution in [0, 0.1) is 22.0 Å². The SMILES string of the molecule is CCNc1ccc([N+](=O)[O-])c(NCC2CCC(C)C2)n1. The number of hydrogen-bond acceptors (Lipinski definition) is 5. The van der Waals surface area contributed by atoms with Crippen molar-refractivity contribution in [3.8, 4) is 0 Å². The van der Waals surface area contributed by atoms with Crippen LogP contribution < -0.4 is 10.6 Å². The molecule has 2 N–H and O–H groups in total. The van der Waals surface area contributed by atoms with E-state index in [1.54, 1.807) is 6.07 Å². The molecule has 0 bridgehead atoms. The van der Waals surface area contributed by atoms with Crippen molar-refractivity contribution in [2.45, 2.75) is 33.1 Å². The molecule has 0 aromatic carbocycles. The molecule has 110 valence electrons. The molecule has 20 heavy (non-hydrogen) atoms. The normalized spacial score (nSPS) is 21.7. The highest BCUT2D eigenvalue weighted by Gasteiger charge is 2.23. The van der Waals surface area contributed by atoms with Gasteiger partial charge in [0, 0.05) is 19.2 Å². The van der Waals surface area contributed by atoms with Gasteiger partial charge in [-0.3, -0.25) is 10.1 Å². The van der Waals surface area contributed by atoms with Crippen LogP contribution in [0.4, 0.5) is 17.3 Å². The second kappa shape index (κ2) is 6.54. The molecule has 1 aromatic rings. The number of rotatable bonds is 6. The first-order valence-electron chi connectivity index (χ1n) is 7.23. The molecule has 1 aromatic heterocycles. The van der Waals surface area contributed by atoms with Gasteiger partial charge < -0.3 is 10.6 Å². The Bertz CT molecular complexity index is 478. The molecule has 0 amide bonds. The zero-order valence-corrected chi connectivity index (χ0v) is 12.1. The summed E-state index contributed by atoms with van der Waals surface area (Å²) in [5.74, 6) is 2.39. The van der Waals surface area contributed by atoms with Crippen LogP contribution in [0.2, 0.25) is 0 Å². The van der Waals surface area contributed by atoms with Crippen LogP contribution in [0.3, 0.4) is 0 Å². The molecule has 1 aliphatic carbocycles. The van der Waals surface area contributed by atoms with Gasteiger partial charge in [-0.15, -0.1) is 0 Å². The van der Waals surface area contributed by atoms with E-state index in [0.29, 0.717) is 17.6 Å². The lowest BCUT2D eigenvalue weighted by Gasteiger charge is -2.12. The van der Waals surface area contributed by atoms with E-state index < -0.39 is 0 Å². The number of nitro groups is 1. The van der Waals surface area contributed by atoms with E-state index in [0.717, 1.165) is 19.0 Å². The molecule has 6 heteroatoms. The van der Waals surface area contributed by atoms with Gasteiger partial charge in [0.25, 0.3) is 0 Å². The Kier molecular flexibility index (Phi) is 4.76. The quantitative estimate of drug-likeness (QED) is 0.616. The second-order valence-electron chi connectivity index (χ2n) is 5.52. The van der Waals surface area contributed by atoms with Crippen molar-refractivity contribution in [1.82, 2.24) is 4.98 Å². The van der Waals surface area contributed by atoms with Crippen LogP contribution in [0.1, 0.15) is 33.1 Å². The van der Waals surface area contributed by atoms with Crippen molar-refractivity contribution in [3.63, 3.8) is 0 Å². The maximum absolute atomic E-state index is 11.0. The topological polar surface area (TPSA) is 80.1 Å². The number of nitrogens with one attached hydrogen (secondary N) is 2. The highest BCUT2D eigenvalue weighted by atomic mass is 16.6. The van der Waals surface area contributed by atoms with Crippen LogP contribution >= 0.6 is 0 Å². The van der Waals surface area contributed by atoms with Crippen LogP contribution in [-0.2, 0) is 0 Å². The fraction of sp³-hybridized carbons (Fsp3) is 0.643. The number of anilines is 2. The van der Waals surface area contributed by atoms with E-state index in [9.17, 15) is 10.1 Å². The summed E-state index contributed by atoms with van der Waals surface area (Å²) in [5, 5.41) is 17.3. The molecule has 6 nitrogen and oxygen atoms in total. The molecular formula is C14H22N4O2. The van der Waals surface area contributed by atoms with Crippen molar-refractivity contribution in [2.75, 3.05) is 23.7 Å². The first-order chi connectivity index (χ1) is 9.60. The molecule has 0 aliphatic heterocycles. The molecule has 0 radical (unpaired) electrons. The highest BCUT2D eigenvalue weighted by Crippen LogP contribution is 2.31. The maximum atomic E-state index is 11.0. The van der Waals surface area contributed by atoms with E-state index >= 15 is 0 Å². The summed E-state index contributed by atoms with van der Waals surface area (Å²) in [6, 6.07) is 3.15. The fourth-order valence-electron chi connectivity index (χ4n) is 2.76. The van der Waals surface area contributed by atoms with Crippen LogP contribution in [-0.4, -0.2) is 23.0 Å². The third-order valence-electron chi connectivity index (χ3n) is 3.79. The Morgan fingerprint density at radius 1 is 1.40 bits per heavy atom.